The van der Waals surface area contributed by atoms with E-state index in [4.69, 9.17) is 9.05 Å². The quantitative estimate of drug-likeness (QED) is 0.550. The van der Waals surface area contributed by atoms with Crippen molar-refractivity contribution in [3.05, 3.63) is 54.0 Å². The first-order chi connectivity index (χ1) is 12.3. The molecule has 0 bridgehead atoms. The first kappa shape index (κ1) is 22.7. The Bertz CT molecular complexity index is 619. The maximum atomic E-state index is 4.95. The molecule has 0 radical (unpaired) electrons. The third-order valence-corrected chi connectivity index (χ3v) is 3.69. The van der Waals surface area contributed by atoms with Crippen molar-refractivity contribution >= 4 is 0 Å². The van der Waals surface area contributed by atoms with Crippen LogP contribution in [0.25, 0.3) is 0 Å². The average molecular weight is 375 g/mol. The standard InChI is InChI=1S/C7H12N2.2C7H11NO/c1-7(2,3)6-4-5-8-9-6;1-7(2,3)6-4-5-9-8-6;1-7(2,3)6-4-5-8-9-6/h4-5H,1-3H3,(H,8,9);2*4-5H,1-3H3. The van der Waals surface area contributed by atoms with Gasteiger partial charge in [-0.1, -0.05) is 72.6 Å². The van der Waals surface area contributed by atoms with E-state index in [0.29, 0.717) is 0 Å². The molecule has 0 unspecified atom stereocenters. The van der Waals surface area contributed by atoms with Crippen LogP contribution in [0.15, 0.2) is 45.9 Å². The number of rotatable bonds is 0. The lowest BCUT2D eigenvalue weighted by Crippen LogP contribution is -2.11. The van der Waals surface area contributed by atoms with E-state index in [9.17, 15) is 0 Å². The van der Waals surface area contributed by atoms with Gasteiger partial charge in [-0.2, -0.15) is 5.10 Å². The lowest BCUT2D eigenvalue weighted by atomic mass is 9.93. The minimum absolute atomic E-state index is 0.0938. The van der Waals surface area contributed by atoms with Crippen LogP contribution in [0.4, 0.5) is 0 Å². The summed E-state index contributed by atoms with van der Waals surface area (Å²) in [6.45, 7) is 19.0. The zero-order chi connectivity index (χ0) is 20.7. The molecule has 0 saturated heterocycles. The molecule has 3 rings (SSSR count). The van der Waals surface area contributed by atoms with Gasteiger partial charge in [-0.3, -0.25) is 5.10 Å². The van der Waals surface area contributed by atoms with Gasteiger partial charge in [0.2, 0.25) is 0 Å². The second kappa shape index (κ2) is 9.02. The number of aromatic nitrogens is 4. The summed E-state index contributed by atoms with van der Waals surface area (Å²) in [5.74, 6) is 0.933. The van der Waals surface area contributed by atoms with E-state index in [1.165, 1.54) is 5.69 Å². The summed E-state index contributed by atoms with van der Waals surface area (Å²) in [6, 6.07) is 5.78. The Morgan fingerprint density at radius 3 is 1.67 bits per heavy atom. The molecular weight excluding hydrogens is 340 g/mol. The lowest BCUT2D eigenvalue weighted by molar-refractivity contribution is 0.329. The van der Waals surface area contributed by atoms with Gasteiger partial charge in [-0.05, 0) is 6.07 Å². The van der Waals surface area contributed by atoms with Crippen LogP contribution in [-0.2, 0) is 16.2 Å². The molecule has 27 heavy (non-hydrogen) atoms. The minimum Gasteiger partial charge on any atom is -0.364 e. The van der Waals surface area contributed by atoms with Crippen molar-refractivity contribution in [2.45, 2.75) is 78.6 Å². The van der Waals surface area contributed by atoms with Crippen LogP contribution < -0.4 is 0 Å². The molecule has 6 nitrogen and oxygen atoms in total. The zero-order valence-corrected chi connectivity index (χ0v) is 18.1. The van der Waals surface area contributed by atoms with E-state index in [0.717, 1.165) is 11.5 Å². The van der Waals surface area contributed by atoms with Crippen molar-refractivity contribution < 1.29 is 9.05 Å². The van der Waals surface area contributed by atoms with E-state index in [1.807, 2.05) is 18.2 Å². The van der Waals surface area contributed by atoms with Gasteiger partial charge in [-0.25, -0.2) is 0 Å². The van der Waals surface area contributed by atoms with Crippen LogP contribution in [0, 0.1) is 0 Å². The normalized spacial score (nSPS) is 11.9. The van der Waals surface area contributed by atoms with Crippen LogP contribution in [0.1, 0.15) is 79.5 Å². The van der Waals surface area contributed by atoms with E-state index >= 15 is 0 Å². The van der Waals surface area contributed by atoms with Crippen LogP contribution in [0.2, 0.25) is 0 Å². The van der Waals surface area contributed by atoms with Crippen molar-refractivity contribution in [3.8, 4) is 0 Å². The fraction of sp³-hybridized carbons (Fsp3) is 0.571. The number of nitrogens with zero attached hydrogens (tertiary/aromatic N) is 3. The summed E-state index contributed by atoms with van der Waals surface area (Å²) in [5.41, 5.74) is 2.60. The van der Waals surface area contributed by atoms with E-state index in [2.05, 4.69) is 82.8 Å². The number of hydrogen-bond donors (Lipinski definition) is 1. The van der Waals surface area contributed by atoms with E-state index in [-0.39, 0.29) is 16.2 Å². The molecule has 3 aromatic heterocycles. The average Bonchev–Trinajstić information content (AvgIpc) is 3.28. The van der Waals surface area contributed by atoms with Gasteiger partial charge in [0.25, 0.3) is 0 Å². The predicted molar refractivity (Wildman–Crippen MR) is 108 cm³/mol. The number of H-pyrrole nitrogens is 1. The largest absolute Gasteiger partial charge is 0.364 e. The van der Waals surface area contributed by atoms with Crippen LogP contribution in [0.5, 0.6) is 0 Å². The fourth-order valence-electron chi connectivity index (χ4n) is 1.88. The molecule has 0 saturated carbocycles. The number of nitrogens with one attached hydrogen (secondary N) is 1. The van der Waals surface area contributed by atoms with Crippen molar-refractivity contribution in [2.24, 2.45) is 0 Å². The molecule has 0 spiro atoms. The Kier molecular flexibility index (Phi) is 7.57. The Hall–Kier alpha value is -2.37. The van der Waals surface area contributed by atoms with Gasteiger partial charge in [-0.15, -0.1) is 0 Å². The SMILES string of the molecule is CC(C)(C)c1ccn[nH]1.CC(C)(C)c1ccno1.CC(C)(C)c1ccon1. The number of hydrogen-bond acceptors (Lipinski definition) is 5. The molecule has 1 N–H and O–H groups in total. The van der Waals surface area contributed by atoms with Gasteiger partial charge in [0.05, 0.1) is 11.9 Å². The Labute approximate surface area is 162 Å². The molecule has 0 aliphatic heterocycles. The van der Waals surface area contributed by atoms with Crippen LogP contribution in [-0.4, -0.2) is 20.5 Å². The Morgan fingerprint density at radius 2 is 1.44 bits per heavy atom. The van der Waals surface area contributed by atoms with Crippen molar-refractivity contribution in [3.63, 3.8) is 0 Å². The lowest BCUT2D eigenvalue weighted by Gasteiger charge is -2.14. The fourth-order valence-corrected chi connectivity index (χ4v) is 1.88. The summed E-state index contributed by atoms with van der Waals surface area (Å²) >= 11 is 0. The Balaban J connectivity index is 0.000000202. The van der Waals surface area contributed by atoms with Crippen molar-refractivity contribution in [2.75, 3.05) is 0 Å². The Morgan fingerprint density at radius 1 is 0.778 bits per heavy atom. The summed E-state index contributed by atoms with van der Waals surface area (Å²) < 4.78 is 9.64. The molecule has 0 atom stereocenters. The summed E-state index contributed by atoms with van der Waals surface area (Å²) in [5, 5.41) is 14.2. The maximum Gasteiger partial charge on any atom is 0.142 e. The molecule has 0 aliphatic carbocycles. The smallest absolute Gasteiger partial charge is 0.142 e. The topological polar surface area (TPSA) is 80.7 Å². The summed E-state index contributed by atoms with van der Waals surface area (Å²) in [4.78, 5) is 0. The van der Waals surface area contributed by atoms with Gasteiger partial charge >= 0.3 is 0 Å². The van der Waals surface area contributed by atoms with Crippen LogP contribution >= 0.6 is 0 Å². The second-order valence-corrected chi connectivity index (χ2v) is 9.48. The third-order valence-electron chi connectivity index (χ3n) is 3.69. The molecule has 150 valence electrons. The summed E-state index contributed by atoms with van der Waals surface area (Å²) in [7, 11) is 0. The highest BCUT2D eigenvalue weighted by molar-refractivity contribution is 5.09. The van der Waals surface area contributed by atoms with Gasteiger partial charge in [0.1, 0.15) is 12.0 Å². The van der Waals surface area contributed by atoms with Crippen LogP contribution in [0.3, 0.4) is 0 Å². The zero-order valence-electron chi connectivity index (χ0n) is 18.1. The maximum absolute atomic E-state index is 4.95. The first-order valence-electron chi connectivity index (χ1n) is 9.13. The first-order valence-corrected chi connectivity index (χ1v) is 9.13. The molecule has 0 fully saturated rings. The van der Waals surface area contributed by atoms with Crippen molar-refractivity contribution in [1.29, 1.82) is 0 Å². The third kappa shape index (κ3) is 8.24. The molecular formula is C21H34N4O2. The minimum atomic E-state index is 0.0938. The highest BCUT2D eigenvalue weighted by Crippen LogP contribution is 2.20. The van der Waals surface area contributed by atoms with Crippen molar-refractivity contribution in [1.82, 2.24) is 20.5 Å². The molecule has 6 heteroatoms. The predicted octanol–water partition coefficient (Wildman–Crippen LogP) is 5.65. The molecule has 0 amide bonds. The summed E-state index contributed by atoms with van der Waals surface area (Å²) in [6.07, 6.45) is 5.04. The van der Waals surface area contributed by atoms with Gasteiger partial charge in [0.15, 0.2) is 0 Å². The van der Waals surface area contributed by atoms with Gasteiger partial charge < -0.3 is 9.05 Å². The van der Waals surface area contributed by atoms with Gasteiger partial charge in [0, 0.05) is 40.3 Å². The molecule has 0 aromatic carbocycles. The monoisotopic (exact) mass is 374 g/mol. The molecule has 3 heterocycles. The van der Waals surface area contributed by atoms with E-state index in [1.54, 1.807) is 18.7 Å². The highest BCUT2D eigenvalue weighted by Gasteiger charge is 2.17. The second-order valence-electron chi connectivity index (χ2n) is 9.48. The number of aromatic amines is 1. The highest BCUT2D eigenvalue weighted by atomic mass is 16.5. The van der Waals surface area contributed by atoms with E-state index < -0.39 is 0 Å². The molecule has 3 aromatic rings. The molecule has 0 aliphatic rings.